The normalized spacial score (nSPS) is 39.2. The Bertz CT molecular complexity index is 254. The molecule has 3 fully saturated rings. The molecule has 16 heavy (non-hydrogen) atoms. The van der Waals surface area contributed by atoms with Crippen LogP contribution in [-0.2, 0) is 4.74 Å². The molecule has 92 valence electrons. The SMILES string of the molecule is OCC12CCCN1C(COCC1CC1)CC2. The van der Waals surface area contributed by atoms with Crippen molar-refractivity contribution in [2.45, 2.75) is 50.1 Å². The molecule has 1 aliphatic carbocycles. The van der Waals surface area contributed by atoms with E-state index < -0.39 is 0 Å². The van der Waals surface area contributed by atoms with Crippen molar-refractivity contribution in [2.75, 3.05) is 26.4 Å². The second-order valence-electron chi connectivity index (χ2n) is 5.85. The number of nitrogens with zero attached hydrogens (tertiary/aromatic N) is 1. The summed E-state index contributed by atoms with van der Waals surface area (Å²) in [5.41, 5.74) is 0.133. The largest absolute Gasteiger partial charge is 0.394 e. The summed E-state index contributed by atoms with van der Waals surface area (Å²) in [5.74, 6) is 0.864. The van der Waals surface area contributed by atoms with Gasteiger partial charge in [-0.05, 0) is 51.0 Å². The molecule has 0 bridgehead atoms. The van der Waals surface area contributed by atoms with Crippen LogP contribution in [0.25, 0.3) is 0 Å². The third-order valence-corrected chi connectivity index (χ3v) is 4.69. The lowest BCUT2D eigenvalue weighted by atomic mass is 9.95. The van der Waals surface area contributed by atoms with Crippen LogP contribution in [0, 0.1) is 5.92 Å². The number of rotatable bonds is 5. The number of aliphatic hydroxyl groups is 1. The number of hydrogen-bond acceptors (Lipinski definition) is 3. The van der Waals surface area contributed by atoms with Gasteiger partial charge in [-0.3, -0.25) is 4.90 Å². The first-order valence-electron chi connectivity index (χ1n) is 6.79. The fourth-order valence-electron chi connectivity index (χ4n) is 3.47. The number of aliphatic hydroxyl groups excluding tert-OH is 1. The first kappa shape index (κ1) is 11.0. The van der Waals surface area contributed by atoms with Gasteiger partial charge in [-0.1, -0.05) is 0 Å². The Morgan fingerprint density at radius 1 is 1.19 bits per heavy atom. The van der Waals surface area contributed by atoms with Gasteiger partial charge >= 0.3 is 0 Å². The van der Waals surface area contributed by atoms with E-state index in [1.807, 2.05) is 0 Å². The molecule has 0 spiro atoms. The number of fused-ring (bicyclic) bond motifs is 1. The Balaban J connectivity index is 1.52. The monoisotopic (exact) mass is 225 g/mol. The average molecular weight is 225 g/mol. The average Bonchev–Trinajstić information content (AvgIpc) is 2.91. The zero-order chi connectivity index (χ0) is 11.0. The molecule has 0 aromatic rings. The van der Waals surface area contributed by atoms with Crippen molar-refractivity contribution in [1.82, 2.24) is 4.90 Å². The molecule has 3 aliphatic rings. The topological polar surface area (TPSA) is 32.7 Å². The Hall–Kier alpha value is -0.120. The summed E-state index contributed by atoms with van der Waals surface area (Å²) in [5, 5.41) is 9.59. The third-order valence-electron chi connectivity index (χ3n) is 4.69. The summed E-state index contributed by atoms with van der Waals surface area (Å²) in [6, 6.07) is 0.577. The minimum atomic E-state index is 0.133. The molecule has 3 rings (SSSR count). The van der Waals surface area contributed by atoms with Gasteiger partial charge in [0.05, 0.1) is 13.2 Å². The van der Waals surface area contributed by atoms with Gasteiger partial charge in [0.1, 0.15) is 0 Å². The highest BCUT2D eigenvalue weighted by Gasteiger charge is 2.48. The molecule has 2 unspecified atom stereocenters. The summed E-state index contributed by atoms with van der Waals surface area (Å²) >= 11 is 0. The van der Waals surface area contributed by atoms with Crippen LogP contribution in [-0.4, -0.2) is 48.0 Å². The Kier molecular flexibility index (Phi) is 2.94. The second kappa shape index (κ2) is 4.28. The Labute approximate surface area is 97.8 Å². The highest BCUT2D eigenvalue weighted by Crippen LogP contribution is 2.42. The minimum absolute atomic E-state index is 0.133. The van der Waals surface area contributed by atoms with Crippen molar-refractivity contribution >= 4 is 0 Å². The Morgan fingerprint density at radius 3 is 2.81 bits per heavy atom. The van der Waals surface area contributed by atoms with E-state index in [0.717, 1.165) is 25.7 Å². The molecule has 1 N–H and O–H groups in total. The van der Waals surface area contributed by atoms with Gasteiger partial charge in [0.25, 0.3) is 0 Å². The van der Waals surface area contributed by atoms with E-state index in [-0.39, 0.29) is 5.54 Å². The summed E-state index contributed by atoms with van der Waals surface area (Å²) in [7, 11) is 0. The Morgan fingerprint density at radius 2 is 2.06 bits per heavy atom. The van der Waals surface area contributed by atoms with Crippen molar-refractivity contribution in [3.8, 4) is 0 Å². The molecule has 2 aliphatic heterocycles. The summed E-state index contributed by atoms with van der Waals surface area (Å²) in [6.07, 6.45) is 7.55. The van der Waals surface area contributed by atoms with E-state index >= 15 is 0 Å². The highest BCUT2D eigenvalue weighted by atomic mass is 16.5. The maximum atomic E-state index is 9.59. The standard InChI is InChI=1S/C13H23NO2/c15-10-13-5-1-7-14(13)12(4-6-13)9-16-8-11-2-3-11/h11-12,15H,1-10H2. The van der Waals surface area contributed by atoms with E-state index in [1.165, 1.54) is 38.5 Å². The number of hydrogen-bond donors (Lipinski definition) is 1. The molecular formula is C13H23NO2. The van der Waals surface area contributed by atoms with Gasteiger partial charge in [-0.25, -0.2) is 0 Å². The molecule has 2 heterocycles. The van der Waals surface area contributed by atoms with Crippen LogP contribution in [0.3, 0.4) is 0 Å². The van der Waals surface area contributed by atoms with Crippen LogP contribution < -0.4 is 0 Å². The molecule has 2 atom stereocenters. The van der Waals surface area contributed by atoms with Gasteiger partial charge < -0.3 is 9.84 Å². The zero-order valence-corrected chi connectivity index (χ0v) is 10.0. The molecule has 1 saturated carbocycles. The smallest absolute Gasteiger partial charge is 0.0622 e. The maximum absolute atomic E-state index is 9.59. The van der Waals surface area contributed by atoms with Gasteiger partial charge in [0, 0.05) is 18.2 Å². The van der Waals surface area contributed by atoms with E-state index in [2.05, 4.69) is 4.90 Å². The van der Waals surface area contributed by atoms with Crippen LogP contribution in [0.2, 0.25) is 0 Å². The quantitative estimate of drug-likeness (QED) is 0.767. The lowest BCUT2D eigenvalue weighted by Gasteiger charge is -2.33. The summed E-state index contributed by atoms with van der Waals surface area (Å²) < 4.78 is 5.82. The predicted molar refractivity (Wildman–Crippen MR) is 62.3 cm³/mol. The predicted octanol–water partition coefficient (Wildman–Crippen LogP) is 1.40. The van der Waals surface area contributed by atoms with Gasteiger partial charge in [-0.15, -0.1) is 0 Å². The van der Waals surface area contributed by atoms with Gasteiger partial charge in [0.15, 0.2) is 0 Å². The molecule has 3 nitrogen and oxygen atoms in total. The molecule has 0 amide bonds. The molecule has 2 saturated heterocycles. The van der Waals surface area contributed by atoms with E-state index in [0.29, 0.717) is 12.6 Å². The summed E-state index contributed by atoms with van der Waals surface area (Å²) in [6.45, 7) is 3.36. The lowest BCUT2D eigenvalue weighted by molar-refractivity contribution is 0.0303. The minimum Gasteiger partial charge on any atom is -0.394 e. The first-order chi connectivity index (χ1) is 7.84. The van der Waals surface area contributed by atoms with E-state index in [9.17, 15) is 5.11 Å². The van der Waals surface area contributed by atoms with Crippen molar-refractivity contribution in [3.05, 3.63) is 0 Å². The molecule has 0 radical (unpaired) electrons. The maximum Gasteiger partial charge on any atom is 0.0622 e. The van der Waals surface area contributed by atoms with Crippen LogP contribution in [0.1, 0.15) is 38.5 Å². The molecular weight excluding hydrogens is 202 g/mol. The van der Waals surface area contributed by atoms with Crippen LogP contribution in [0.5, 0.6) is 0 Å². The fourth-order valence-corrected chi connectivity index (χ4v) is 3.47. The highest BCUT2D eigenvalue weighted by molar-refractivity contribution is 5.04. The van der Waals surface area contributed by atoms with Crippen molar-refractivity contribution in [2.24, 2.45) is 5.92 Å². The van der Waals surface area contributed by atoms with Crippen molar-refractivity contribution < 1.29 is 9.84 Å². The van der Waals surface area contributed by atoms with Crippen molar-refractivity contribution in [1.29, 1.82) is 0 Å². The van der Waals surface area contributed by atoms with Gasteiger partial charge in [0.2, 0.25) is 0 Å². The van der Waals surface area contributed by atoms with E-state index in [1.54, 1.807) is 0 Å². The molecule has 0 aromatic carbocycles. The summed E-state index contributed by atoms with van der Waals surface area (Å²) in [4.78, 5) is 2.53. The van der Waals surface area contributed by atoms with Crippen LogP contribution in [0.4, 0.5) is 0 Å². The second-order valence-corrected chi connectivity index (χ2v) is 5.85. The number of ether oxygens (including phenoxy) is 1. The molecule has 3 heteroatoms. The zero-order valence-electron chi connectivity index (χ0n) is 10.0. The van der Waals surface area contributed by atoms with E-state index in [4.69, 9.17) is 4.74 Å². The van der Waals surface area contributed by atoms with Gasteiger partial charge in [-0.2, -0.15) is 0 Å². The third kappa shape index (κ3) is 1.89. The molecule has 0 aromatic heterocycles. The van der Waals surface area contributed by atoms with Crippen molar-refractivity contribution in [3.63, 3.8) is 0 Å². The lowest BCUT2D eigenvalue weighted by Crippen LogP contribution is -2.46. The van der Waals surface area contributed by atoms with Crippen LogP contribution >= 0.6 is 0 Å². The first-order valence-corrected chi connectivity index (χ1v) is 6.79. The van der Waals surface area contributed by atoms with Crippen LogP contribution in [0.15, 0.2) is 0 Å². The fraction of sp³-hybridized carbons (Fsp3) is 1.00.